The Balaban J connectivity index is 1.09. The van der Waals surface area contributed by atoms with Crippen LogP contribution in [0, 0.1) is 0 Å². The molecule has 252 valence electrons. The maximum Gasteiger partial charge on any atom is 0.160 e. The summed E-state index contributed by atoms with van der Waals surface area (Å²) in [6.07, 6.45) is 0. The molecular formula is C49H29N3OS. The number of fused-ring (bicyclic) bond motifs is 8. The summed E-state index contributed by atoms with van der Waals surface area (Å²) in [6, 6.07) is 61.1. The summed E-state index contributed by atoms with van der Waals surface area (Å²) in [6.45, 7) is 0. The van der Waals surface area contributed by atoms with E-state index in [1.54, 1.807) is 0 Å². The second-order valence-electron chi connectivity index (χ2n) is 13.6. The Morgan fingerprint density at radius 3 is 1.94 bits per heavy atom. The highest BCUT2D eigenvalue weighted by Crippen LogP contribution is 2.44. The number of hydrogen-bond acceptors (Lipinski definition) is 5. The highest BCUT2D eigenvalue weighted by atomic mass is 32.1. The molecule has 4 heterocycles. The van der Waals surface area contributed by atoms with E-state index in [1.165, 1.54) is 20.2 Å². The lowest BCUT2D eigenvalue weighted by Gasteiger charge is -2.12. The van der Waals surface area contributed by atoms with Gasteiger partial charge in [-0.05, 0) is 35.9 Å². The van der Waals surface area contributed by atoms with Crippen molar-refractivity contribution in [3.8, 4) is 56.3 Å². The van der Waals surface area contributed by atoms with E-state index >= 15 is 0 Å². The zero-order valence-electron chi connectivity index (χ0n) is 28.9. The summed E-state index contributed by atoms with van der Waals surface area (Å²) < 4.78 is 8.92. The molecule has 0 aliphatic heterocycles. The number of furan rings is 1. The number of para-hydroxylation sites is 2. The number of aromatic nitrogens is 3. The number of benzene rings is 7. The quantitative estimate of drug-likeness (QED) is 0.179. The van der Waals surface area contributed by atoms with Gasteiger partial charge in [-0.25, -0.2) is 15.0 Å². The molecule has 11 rings (SSSR count). The van der Waals surface area contributed by atoms with Crippen molar-refractivity contribution < 1.29 is 4.42 Å². The molecule has 4 aromatic heterocycles. The maximum absolute atomic E-state index is 6.42. The van der Waals surface area contributed by atoms with E-state index in [9.17, 15) is 0 Å². The fraction of sp³-hybridized carbons (Fsp3) is 0. The van der Waals surface area contributed by atoms with E-state index in [1.807, 2.05) is 41.7 Å². The first-order valence-electron chi connectivity index (χ1n) is 18.0. The van der Waals surface area contributed by atoms with Crippen molar-refractivity contribution in [3.05, 3.63) is 176 Å². The second kappa shape index (κ2) is 12.3. The van der Waals surface area contributed by atoms with Crippen LogP contribution in [0.25, 0.3) is 109 Å². The summed E-state index contributed by atoms with van der Waals surface area (Å²) in [5, 5.41) is 5.80. The van der Waals surface area contributed by atoms with Crippen molar-refractivity contribution in [1.29, 1.82) is 0 Å². The zero-order valence-corrected chi connectivity index (χ0v) is 29.7. The van der Waals surface area contributed by atoms with Crippen molar-refractivity contribution in [3.63, 3.8) is 0 Å². The molecule has 0 amide bonds. The molecule has 0 saturated carbocycles. The molecule has 0 bridgehead atoms. The van der Waals surface area contributed by atoms with Crippen LogP contribution >= 0.6 is 11.3 Å². The van der Waals surface area contributed by atoms with Gasteiger partial charge in [0.05, 0.1) is 22.6 Å². The fourth-order valence-corrected chi connectivity index (χ4v) is 8.95. The first kappa shape index (κ1) is 30.7. The van der Waals surface area contributed by atoms with Crippen molar-refractivity contribution in [2.75, 3.05) is 0 Å². The van der Waals surface area contributed by atoms with Crippen LogP contribution in [-0.2, 0) is 0 Å². The monoisotopic (exact) mass is 707 g/mol. The second-order valence-corrected chi connectivity index (χ2v) is 14.6. The predicted molar refractivity (Wildman–Crippen MR) is 225 cm³/mol. The largest absolute Gasteiger partial charge is 0.455 e. The lowest BCUT2D eigenvalue weighted by molar-refractivity contribution is 0.670. The Hall–Kier alpha value is -6.95. The predicted octanol–water partition coefficient (Wildman–Crippen LogP) is 13.6. The average Bonchev–Trinajstić information content (AvgIpc) is 3.83. The van der Waals surface area contributed by atoms with Crippen LogP contribution in [-0.4, -0.2) is 15.0 Å². The minimum Gasteiger partial charge on any atom is -0.455 e. The van der Waals surface area contributed by atoms with Crippen molar-refractivity contribution in [1.82, 2.24) is 15.0 Å². The summed E-state index contributed by atoms with van der Waals surface area (Å²) in [7, 11) is 0. The van der Waals surface area contributed by atoms with E-state index in [4.69, 9.17) is 19.4 Å². The third kappa shape index (κ3) is 5.01. The summed E-state index contributed by atoms with van der Waals surface area (Å²) in [5.41, 5.74) is 11.5. The highest BCUT2D eigenvalue weighted by Gasteiger charge is 2.19. The van der Waals surface area contributed by atoms with Crippen LogP contribution in [0.4, 0.5) is 0 Å². The van der Waals surface area contributed by atoms with Crippen LogP contribution in [0.1, 0.15) is 0 Å². The van der Waals surface area contributed by atoms with E-state index < -0.39 is 0 Å². The molecule has 0 N–H and O–H groups in total. The maximum atomic E-state index is 6.42. The van der Waals surface area contributed by atoms with Gasteiger partial charge in [-0.1, -0.05) is 146 Å². The van der Waals surface area contributed by atoms with E-state index in [-0.39, 0.29) is 0 Å². The molecule has 0 atom stereocenters. The van der Waals surface area contributed by atoms with Gasteiger partial charge in [0.25, 0.3) is 0 Å². The molecule has 5 heteroatoms. The Morgan fingerprint density at radius 2 is 1.09 bits per heavy atom. The van der Waals surface area contributed by atoms with Crippen molar-refractivity contribution >= 4 is 64.4 Å². The fourth-order valence-electron chi connectivity index (χ4n) is 7.71. The normalized spacial score (nSPS) is 11.7. The standard InChI is InChI=1S/C49H29N3OS/c1-3-13-30(14-4-1)40-29-41(52-49(51-40)34-18-11-17-32(27-34)35-21-12-22-37-36-19-7-9-23-43(36)53-47(35)37)33-25-26-38-42(28-33)50-46(31-15-5-2-6-16-31)45-39-20-8-10-24-44(39)54-48(38)45/h1-29H. The summed E-state index contributed by atoms with van der Waals surface area (Å²) >= 11 is 1.83. The Morgan fingerprint density at radius 1 is 0.426 bits per heavy atom. The average molecular weight is 708 g/mol. The van der Waals surface area contributed by atoms with Gasteiger partial charge in [0, 0.05) is 64.1 Å². The molecule has 7 aromatic carbocycles. The van der Waals surface area contributed by atoms with E-state index in [0.29, 0.717) is 5.82 Å². The lowest BCUT2D eigenvalue weighted by atomic mass is 9.99. The number of rotatable bonds is 5. The molecule has 0 aliphatic carbocycles. The van der Waals surface area contributed by atoms with Crippen LogP contribution in [0.3, 0.4) is 0 Å². The van der Waals surface area contributed by atoms with Gasteiger partial charge >= 0.3 is 0 Å². The summed E-state index contributed by atoms with van der Waals surface area (Å²) in [4.78, 5) is 15.8. The van der Waals surface area contributed by atoms with Gasteiger partial charge in [-0.15, -0.1) is 11.3 Å². The van der Waals surface area contributed by atoms with E-state index in [2.05, 4.69) is 146 Å². The third-order valence-corrected chi connectivity index (χ3v) is 11.5. The number of hydrogen-bond donors (Lipinski definition) is 0. The Kier molecular flexibility index (Phi) is 7.00. The Bertz CT molecular complexity index is 3220. The van der Waals surface area contributed by atoms with Gasteiger partial charge in [0.2, 0.25) is 0 Å². The topological polar surface area (TPSA) is 51.8 Å². The molecule has 0 unspecified atom stereocenters. The number of nitrogens with zero attached hydrogens (tertiary/aromatic N) is 3. The Labute approximate surface area is 314 Å². The number of thiophene rings is 1. The molecule has 11 aromatic rings. The van der Waals surface area contributed by atoms with Crippen molar-refractivity contribution in [2.24, 2.45) is 0 Å². The minimum atomic E-state index is 0.656. The molecule has 0 saturated heterocycles. The molecule has 54 heavy (non-hydrogen) atoms. The first-order chi connectivity index (χ1) is 26.7. The van der Waals surface area contributed by atoms with Crippen LogP contribution in [0.2, 0.25) is 0 Å². The van der Waals surface area contributed by atoms with Crippen molar-refractivity contribution in [2.45, 2.75) is 0 Å². The third-order valence-electron chi connectivity index (χ3n) is 10.3. The van der Waals surface area contributed by atoms with Gasteiger partial charge < -0.3 is 4.42 Å². The molecular weight excluding hydrogens is 679 g/mol. The van der Waals surface area contributed by atoms with Crippen LogP contribution in [0.5, 0.6) is 0 Å². The van der Waals surface area contributed by atoms with Crippen LogP contribution < -0.4 is 0 Å². The zero-order chi connectivity index (χ0) is 35.6. The minimum absolute atomic E-state index is 0.656. The molecule has 0 spiro atoms. The van der Waals surface area contributed by atoms with Gasteiger partial charge in [-0.3, -0.25) is 0 Å². The highest BCUT2D eigenvalue weighted by molar-refractivity contribution is 7.26. The summed E-state index contributed by atoms with van der Waals surface area (Å²) in [5.74, 6) is 0.656. The van der Waals surface area contributed by atoms with Gasteiger partial charge in [0.15, 0.2) is 5.82 Å². The molecule has 0 radical (unpaired) electrons. The molecule has 4 nitrogen and oxygen atoms in total. The molecule has 0 fully saturated rings. The lowest BCUT2D eigenvalue weighted by Crippen LogP contribution is -1.96. The SMILES string of the molecule is c1ccc(-c2cc(-c3ccc4c(c3)nc(-c3ccccc3)c3c5ccccc5sc43)nc(-c3cccc(-c4cccc5c4oc4ccccc45)c3)n2)cc1. The molecule has 0 aliphatic rings. The van der Waals surface area contributed by atoms with Gasteiger partial charge in [0.1, 0.15) is 11.2 Å². The van der Waals surface area contributed by atoms with E-state index in [0.717, 1.165) is 83.3 Å². The first-order valence-corrected chi connectivity index (χ1v) is 18.8. The van der Waals surface area contributed by atoms with Crippen LogP contribution in [0.15, 0.2) is 180 Å². The van der Waals surface area contributed by atoms with Gasteiger partial charge in [-0.2, -0.15) is 0 Å². The smallest absolute Gasteiger partial charge is 0.160 e. The number of pyridine rings is 1.